The van der Waals surface area contributed by atoms with E-state index >= 15 is 0 Å². The molecule has 1 aromatic heterocycles. The SMILES string of the molecule is NNc1cc(NCc2ccccc2)ncn1. The summed E-state index contributed by atoms with van der Waals surface area (Å²) in [5.74, 6) is 6.59. The minimum Gasteiger partial charge on any atom is -0.366 e. The summed E-state index contributed by atoms with van der Waals surface area (Å²) in [6.45, 7) is 0.724. The monoisotopic (exact) mass is 215 g/mol. The molecule has 0 saturated carbocycles. The smallest absolute Gasteiger partial charge is 0.145 e. The first-order valence-electron chi connectivity index (χ1n) is 4.95. The molecule has 82 valence electrons. The van der Waals surface area contributed by atoms with Crippen LogP contribution in [-0.2, 0) is 6.54 Å². The number of nitrogens with two attached hydrogens (primary N) is 1. The molecule has 5 nitrogen and oxygen atoms in total. The Morgan fingerprint density at radius 3 is 2.56 bits per heavy atom. The van der Waals surface area contributed by atoms with Crippen LogP contribution in [0.25, 0.3) is 0 Å². The number of anilines is 2. The topological polar surface area (TPSA) is 75.9 Å². The molecular weight excluding hydrogens is 202 g/mol. The summed E-state index contributed by atoms with van der Waals surface area (Å²) in [4.78, 5) is 8.01. The van der Waals surface area contributed by atoms with Gasteiger partial charge in [-0.05, 0) is 5.56 Å². The minimum atomic E-state index is 0.588. The van der Waals surface area contributed by atoms with Gasteiger partial charge >= 0.3 is 0 Å². The van der Waals surface area contributed by atoms with Crippen LogP contribution < -0.4 is 16.6 Å². The maximum Gasteiger partial charge on any atom is 0.145 e. The molecule has 4 N–H and O–H groups in total. The Morgan fingerprint density at radius 1 is 1.06 bits per heavy atom. The van der Waals surface area contributed by atoms with E-state index in [9.17, 15) is 0 Å². The molecule has 1 aromatic carbocycles. The van der Waals surface area contributed by atoms with E-state index in [4.69, 9.17) is 5.84 Å². The molecule has 0 saturated heterocycles. The second kappa shape index (κ2) is 5.09. The van der Waals surface area contributed by atoms with E-state index in [-0.39, 0.29) is 0 Å². The number of hydrogen-bond acceptors (Lipinski definition) is 5. The van der Waals surface area contributed by atoms with Gasteiger partial charge in [-0.15, -0.1) is 0 Å². The van der Waals surface area contributed by atoms with Gasteiger partial charge in [-0.25, -0.2) is 15.8 Å². The zero-order valence-corrected chi connectivity index (χ0v) is 8.72. The number of rotatable bonds is 4. The van der Waals surface area contributed by atoms with E-state index in [1.165, 1.54) is 11.9 Å². The maximum absolute atomic E-state index is 5.26. The summed E-state index contributed by atoms with van der Waals surface area (Å²) in [5.41, 5.74) is 3.67. The first-order valence-corrected chi connectivity index (χ1v) is 4.95. The van der Waals surface area contributed by atoms with Gasteiger partial charge in [0.25, 0.3) is 0 Å². The summed E-state index contributed by atoms with van der Waals surface area (Å²) in [6.07, 6.45) is 1.46. The Balaban J connectivity index is 1.99. The molecule has 0 spiro atoms. The molecule has 0 bridgehead atoms. The molecule has 0 aliphatic heterocycles. The summed E-state index contributed by atoms with van der Waals surface area (Å²) in [7, 11) is 0. The van der Waals surface area contributed by atoms with E-state index in [1.54, 1.807) is 6.07 Å². The second-order valence-corrected chi connectivity index (χ2v) is 3.27. The van der Waals surface area contributed by atoms with Gasteiger partial charge in [0.05, 0.1) is 0 Å². The molecule has 0 amide bonds. The lowest BCUT2D eigenvalue weighted by Crippen LogP contribution is -2.09. The van der Waals surface area contributed by atoms with Crippen LogP contribution in [0.4, 0.5) is 11.6 Å². The van der Waals surface area contributed by atoms with Crippen molar-refractivity contribution in [1.82, 2.24) is 9.97 Å². The van der Waals surface area contributed by atoms with E-state index in [0.717, 1.165) is 12.4 Å². The van der Waals surface area contributed by atoms with Crippen LogP contribution in [0.3, 0.4) is 0 Å². The number of nitrogen functional groups attached to an aromatic ring is 1. The third kappa shape index (κ3) is 2.68. The van der Waals surface area contributed by atoms with Crippen molar-refractivity contribution in [2.45, 2.75) is 6.54 Å². The normalized spacial score (nSPS) is 9.81. The lowest BCUT2D eigenvalue weighted by atomic mass is 10.2. The van der Waals surface area contributed by atoms with Crippen molar-refractivity contribution in [2.75, 3.05) is 10.7 Å². The second-order valence-electron chi connectivity index (χ2n) is 3.27. The van der Waals surface area contributed by atoms with Crippen molar-refractivity contribution < 1.29 is 0 Å². The van der Waals surface area contributed by atoms with E-state index in [0.29, 0.717) is 5.82 Å². The van der Waals surface area contributed by atoms with Crippen molar-refractivity contribution in [3.8, 4) is 0 Å². The van der Waals surface area contributed by atoms with E-state index < -0.39 is 0 Å². The Morgan fingerprint density at radius 2 is 1.81 bits per heavy atom. The average Bonchev–Trinajstić information content (AvgIpc) is 2.38. The van der Waals surface area contributed by atoms with Gasteiger partial charge < -0.3 is 10.7 Å². The Labute approximate surface area is 93.7 Å². The predicted octanol–water partition coefficient (Wildman–Crippen LogP) is 1.37. The number of hydrazine groups is 1. The highest BCUT2D eigenvalue weighted by Crippen LogP contribution is 2.08. The van der Waals surface area contributed by atoms with Crippen LogP contribution in [0.5, 0.6) is 0 Å². The van der Waals surface area contributed by atoms with Crippen molar-refractivity contribution in [3.63, 3.8) is 0 Å². The molecule has 0 atom stereocenters. The first-order chi connectivity index (χ1) is 7.88. The first kappa shape index (κ1) is 10.4. The third-order valence-corrected chi connectivity index (χ3v) is 2.13. The lowest BCUT2D eigenvalue weighted by molar-refractivity contribution is 1.07. The highest BCUT2D eigenvalue weighted by atomic mass is 15.3. The zero-order valence-electron chi connectivity index (χ0n) is 8.72. The molecule has 0 radical (unpaired) electrons. The summed E-state index contributed by atoms with van der Waals surface area (Å²) in [5, 5.41) is 3.19. The fraction of sp³-hybridized carbons (Fsp3) is 0.0909. The lowest BCUT2D eigenvalue weighted by Gasteiger charge is -2.06. The Bertz CT molecular complexity index is 443. The predicted molar refractivity (Wildman–Crippen MR) is 63.6 cm³/mol. The molecule has 0 aliphatic carbocycles. The van der Waals surface area contributed by atoms with Gasteiger partial charge in [0.15, 0.2) is 0 Å². The average molecular weight is 215 g/mol. The van der Waals surface area contributed by atoms with Gasteiger partial charge in [-0.1, -0.05) is 30.3 Å². The van der Waals surface area contributed by atoms with Crippen LogP contribution >= 0.6 is 0 Å². The number of benzene rings is 1. The third-order valence-electron chi connectivity index (χ3n) is 2.13. The molecule has 1 heterocycles. The standard InChI is InChI=1S/C11H13N5/c12-16-11-6-10(14-8-15-11)13-7-9-4-2-1-3-5-9/h1-6,8H,7,12H2,(H2,13,14,15,16). The fourth-order valence-corrected chi connectivity index (χ4v) is 1.32. The van der Waals surface area contributed by atoms with E-state index in [1.807, 2.05) is 18.2 Å². The molecular formula is C11H13N5. The molecule has 2 aromatic rings. The highest BCUT2D eigenvalue weighted by Gasteiger charge is 1.96. The largest absolute Gasteiger partial charge is 0.366 e. The number of aromatic nitrogens is 2. The van der Waals surface area contributed by atoms with E-state index in [2.05, 4.69) is 32.8 Å². The van der Waals surface area contributed by atoms with Crippen molar-refractivity contribution in [1.29, 1.82) is 0 Å². The van der Waals surface area contributed by atoms with Crippen LogP contribution in [0.2, 0.25) is 0 Å². The molecule has 0 unspecified atom stereocenters. The van der Waals surface area contributed by atoms with Crippen LogP contribution in [-0.4, -0.2) is 9.97 Å². The van der Waals surface area contributed by atoms with Gasteiger partial charge in [-0.3, -0.25) is 0 Å². The zero-order chi connectivity index (χ0) is 11.2. The quantitative estimate of drug-likeness (QED) is 0.530. The number of nitrogens with one attached hydrogen (secondary N) is 2. The number of hydrogen-bond donors (Lipinski definition) is 3. The fourth-order valence-electron chi connectivity index (χ4n) is 1.32. The highest BCUT2D eigenvalue weighted by molar-refractivity contribution is 5.45. The molecule has 16 heavy (non-hydrogen) atoms. The van der Waals surface area contributed by atoms with Gasteiger partial charge in [0, 0.05) is 12.6 Å². The summed E-state index contributed by atoms with van der Waals surface area (Å²) < 4.78 is 0. The Hall–Kier alpha value is -2.14. The van der Waals surface area contributed by atoms with Gasteiger partial charge in [0.1, 0.15) is 18.0 Å². The van der Waals surface area contributed by atoms with Crippen molar-refractivity contribution in [2.24, 2.45) is 5.84 Å². The molecule has 0 fully saturated rings. The summed E-state index contributed by atoms with van der Waals surface area (Å²) >= 11 is 0. The maximum atomic E-state index is 5.26. The molecule has 5 heteroatoms. The van der Waals surface area contributed by atoms with Gasteiger partial charge in [-0.2, -0.15) is 0 Å². The van der Waals surface area contributed by atoms with Crippen molar-refractivity contribution in [3.05, 3.63) is 48.3 Å². The Kier molecular flexibility index (Phi) is 3.30. The van der Waals surface area contributed by atoms with Crippen molar-refractivity contribution >= 4 is 11.6 Å². The van der Waals surface area contributed by atoms with Crippen LogP contribution in [0.1, 0.15) is 5.56 Å². The molecule has 0 aliphatic rings. The number of nitrogens with zero attached hydrogens (tertiary/aromatic N) is 2. The minimum absolute atomic E-state index is 0.588. The van der Waals surface area contributed by atoms with Crippen LogP contribution in [0, 0.1) is 0 Å². The summed E-state index contributed by atoms with van der Waals surface area (Å²) in [6, 6.07) is 11.9. The van der Waals surface area contributed by atoms with Gasteiger partial charge in [0.2, 0.25) is 0 Å². The van der Waals surface area contributed by atoms with Crippen LogP contribution in [0.15, 0.2) is 42.7 Å². The molecule has 2 rings (SSSR count).